The van der Waals surface area contributed by atoms with Crippen LogP contribution in [-0.4, -0.2) is 75.5 Å². The molecule has 3 N–H and O–H groups in total. The van der Waals surface area contributed by atoms with E-state index in [-0.39, 0.29) is 18.6 Å². The topological polar surface area (TPSA) is 99.8 Å². The van der Waals surface area contributed by atoms with E-state index in [2.05, 4.69) is 20.5 Å². The lowest BCUT2D eigenvalue weighted by Gasteiger charge is -2.37. The quantitative estimate of drug-likeness (QED) is 0.418. The lowest BCUT2D eigenvalue weighted by atomic mass is 9.76. The Kier molecular flexibility index (Phi) is 6.41. The first-order valence-corrected chi connectivity index (χ1v) is 10.8. The number of carbonyl (C=O) groups is 1. The van der Waals surface area contributed by atoms with Gasteiger partial charge in [-0.3, -0.25) is 20.4 Å². The van der Waals surface area contributed by atoms with Gasteiger partial charge in [0.15, 0.2) is 0 Å². The number of rotatable bonds is 5. The third-order valence-electron chi connectivity index (χ3n) is 5.50. The average molecular weight is 413 g/mol. The minimum absolute atomic E-state index is 0.0602. The molecular formula is C15H26ClFN4O4S. The Hall–Kier alpha value is -0.520. The summed E-state index contributed by atoms with van der Waals surface area (Å²) >= 11 is 6.16. The van der Waals surface area contributed by atoms with E-state index in [1.165, 1.54) is 0 Å². The second-order valence-electron chi connectivity index (χ2n) is 7.43. The van der Waals surface area contributed by atoms with Gasteiger partial charge < -0.3 is 4.74 Å². The van der Waals surface area contributed by atoms with Crippen molar-refractivity contribution >= 4 is 27.5 Å². The highest BCUT2D eigenvalue weighted by Gasteiger charge is 2.44. The maximum absolute atomic E-state index is 14.5. The van der Waals surface area contributed by atoms with Crippen LogP contribution in [0.25, 0.3) is 0 Å². The van der Waals surface area contributed by atoms with E-state index >= 15 is 0 Å². The Morgan fingerprint density at radius 3 is 2.77 bits per heavy atom. The van der Waals surface area contributed by atoms with Crippen LogP contribution in [0.4, 0.5) is 4.39 Å². The van der Waals surface area contributed by atoms with Crippen LogP contribution in [0.15, 0.2) is 0 Å². The number of nitrogens with zero attached hydrogens (tertiary/aromatic N) is 1. The normalized spacial score (nSPS) is 39.2. The first-order chi connectivity index (χ1) is 12.3. The highest BCUT2D eigenvalue weighted by Crippen LogP contribution is 2.37. The Bertz CT molecular complexity index is 619. The Morgan fingerprint density at radius 2 is 2.15 bits per heavy atom. The number of likely N-dealkylation sites (N-methyl/N-ethyl adjacent to an activating group) is 1. The van der Waals surface area contributed by atoms with E-state index < -0.39 is 38.6 Å². The summed E-state index contributed by atoms with van der Waals surface area (Å²) in [6, 6.07) is 0.149. The number of hydrazine groups is 1. The maximum atomic E-state index is 14.5. The molecule has 11 heteroatoms. The van der Waals surface area contributed by atoms with Crippen molar-refractivity contribution in [1.82, 2.24) is 20.5 Å². The van der Waals surface area contributed by atoms with Crippen LogP contribution in [0.3, 0.4) is 0 Å². The SMILES string of the molecule is CN1CNC(C2CC(Cl)C(F)C(C(=O)NNS(=O)(=O)C3CCOC3)C2)C1. The van der Waals surface area contributed by atoms with E-state index in [9.17, 15) is 17.6 Å². The number of hydrogen-bond donors (Lipinski definition) is 3. The van der Waals surface area contributed by atoms with Gasteiger partial charge in [-0.05, 0) is 32.2 Å². The molecular weight excluding hydrogens is 387 g/mol. The molecule has 0 aromatic carbocycles. The molecule has 0 spiro atoms. The van der Waals surface area contributed by atoms with E-state index in [1.54, 1.807) is 0 Å². The van der Waals surface area contributed by atoms with E-state index in [1.807, 2.05) is 7.05 Å². The highest BCUT2D eigenvalue weighted by molar-refractivity contribution is 7.90. The monoisotopic (exact) mass is 412 g/mol. The second-order valence-corrected chi connectivity index (χ2v) is 9.95. The molecule has 26 heavy (non-hydrogen) atoms. The molecule has 3 rings (SSSR count). The van der Waals surface area contributed by atoms with Crippen molar-refractivity contribution in [2.75, 3.05) is 33.5 Å². The first-order valence-electron chi connectivity index (χ1n) is 8.86. The summed E-state index contributed by atoms with van der Waals surface area (Å²) in [5, 5.41) is 1.88. The summed E-state index contributed by atoms with van der Waals surface area (Å²) in [7, 11) is -1.76. The Morgan fingerprint density at radius 1 is 1.38 bits per heavy atom. The van der Waals surface area contributed by atoms with Crippen molar-refractivity contribution in [2.45, 2.75) is 42.1 Å². The smallest absolute Gasteiger partial charge is 0.241 e. The fourth-order valence-electron chi connectivity index (χ4n) is 3.91. The number of hydrogen-bond acceptors (Lipinski definition) is 6. The van der Waals surface area contributed by atoms with Crippen LogP contribution in [0, 0.1) is 11.8 Å². The molecule has 0 bridgehead atoms. The summed E-state index contributed by atoms with van der Waals surface area (Å²) in [6.45, 7) is 2.02. The largest absolute Gasteiger partial charge is 0.380 e. The summed E-state index contributed by atoms with van der Waals surface area (Å²) in [4.78, 5) is 16.6. The van der Waals surface area contributed by atoms with Crippen LogP contribution in [-0.2, 0) is 19.6 Å². The number of sulfonamides is 1. The highest BCUT2D eigenvalue weighted by atomic mass is 35.5. The van der Waals surface area contributed by atoms with Gasteiger partial charge in [0.2, 0.25) is 15.9 Å². The number of amides is 1. The molecule has 8 nitrogen and oxygen atoms in total. The van der Waals surface area contributed by atoms with Gasteiger partial charge in [-0.2, -0.15) is 0 Å². The second kappa shape index (κ2) is 8.24. The molecule has 150 valence electrons. The minimum Gasteiger partial charge on any atom is -0.380 e. The fraction of sp³-hybridized carbons (Fsp3) is 0.933. The molecule has 1 saturated carbocycles. The summed E-state index contributed by atoms with van der Waals surface area (Å²) < 4.78 is 43.9. The third-order valence-corrected chi connectivity index (χ3v) is 7.55. The van der Waals surface area contributed by atoms with Crippen LogP contribution in [0.1, 0.15) is 19.3 Å². The van der Waals surface area contributed by atoms with E-state index in [4.69, 9.17) is 16.3 Å². The summed E-state index contributed by atoms with van der Waals surface area (Å²) in [6.07, 6.45) is -0.321. The van der Waals surface area contributed by atoms with Gasteiger partial charge in [-0.1, -0.05) is 0 Å². The predicted octanol–water partition coefficient (Wildman–Crippen LogP) is -0.441. The molecule has 2 aliphatic heterocycles. The minimum atomic E-state index is -3.74. The van der Waals surface area contributed by atoms with Crippen LogP contribution in [0.5, 0.6) is 0 Å². The van der Waals surface area contributed by atoms with Crippen LogP contribution >= 0.6 is 11.6 Å². The summed E-state index contributed by atoms with van der Waals surface area (Å²) in [5.74, 6) is -1.60. The number of halogens is 2. The maximum Gasteiger partial charge on any atom is 0.241 e. The number of nitrogens with one attached hydrogen (secondary N) is 3. The Balaban J connectivity index is 1.59. The van der Waals surface area contributed by atoms with Gasteiger partial charge in [0, 0.05) is 25.9 Å². The molecule has 0 radical (unpaired) electrons. The van der Waals surface area contributed by atoms with Gasteiger partial charge in [0.05, 0.1) is 17.9 Å². The van der Waals surface area contributed by atoms with Gasteiger partial charge in [0.25, 0.3) is 0 Å². The van der Waals surface area contributed by atoms with E-state index in [0.29, 0.717) is 25.9 Å². The van der Waals surface area contributed by atoms with Gasteiger partial charge in [-0.25, -0.2) is 12.8 Å². The summed E-state index contributed by atoms with van der Waals surface area (Å²) in [5.41, 5.74) is 2.18. The molecule has 6 unspecified atom stereocenters. The lowest BCUT2D eigenvalue weighted by molar-refractivity contribution is -0.129. The van der Waals surface area contributed by atoms with Crippen molar-refractivity contribution < 1.29 is 22.3 Å². The first kappa shape index (κ1) is 20.2. The van der Waals surface area contributed by atoms with Gasteiger partial charge >= 0.3 is 0 Å². The fourth-order valence-corrected chi connectivity index (χ4v) is 5.41. The van der Waals surface area contributed by atoms with Crippen molar-refractivity contribution in [3.8, 4) is 0 Å². The van der Waals surface area contributed by atoms with Crippen molar-refractivity contribution in [3.05, 3.63) is 0 Å². The lowest BCUT2D eigenvalue weighted by Crippen LogP contribution is -2.53. The van der Waals surface area contributed by atoms with E-state index in [0.717, 1.165) is 13.2 Å². The molecule has 2 heterocycles. The van der Waals surface area contributed by atoms with Gasteiger partial charge in [-0.15, -0.1) is 16.4 Å². The van der Waals surface area contributed by atoms with Crippen molar-refractivity contribution in [1.29, 1.82) is 0 Å². The standard InChI is InChI=1S/C15H26ClFN4O4S/c1-21-6-13(18-8-21)9-4-11(14(17)12(16)5-9)15(22)19-20-26(23,24)10-2-3-25-7-10/h9-14,18,20H,2-8H2,1H3,(H,19,22). The zero-order valence-corrected chi connectivity index (χ0v) is 16.2. The predicted molar refractivity (Wildman–Crippen MR) is 94.6 cm³/mol. The number of carbonyl (C=O) groups excluding carboxylic acids is 1. The molecule has 6 atom stereocenters. The molecule has 0 aromatic rings. The zero-order valence-electron chi connectivity index (χ0n) is 14.7. The molecule has 3 fully saturated rings. The van der Waals surface area contributed by atoms with Crippen molar-refractivity contribution in [2.24, 2.45) is 11.8 Å². The van der Waals surface area contributed by atoms with Crippen molar-refractivity contribution in [3.63, 3.8) is 0 Å². The molecule has 1 aliphatic carbocycles. The third kappa shape index (κ3) is 4.48. The molecule has 2 saturated heterocycles. The number of alkyl halides is 2. The molecule has 3 aliphatic rings. The zero-order chi connectivity index (χ0) is 18.9. The Labute approximate surface area is 158 Å². The number of ether oxygens (including phenoxy) is 1. The molecule has 1 amide bonds. The van der Waals surface area contributed by atoms with Crippen LogP contribution < -0.4 is 15.6 Å². The molecule has 0 aromatic heterocycles. The average Bonchev–Trinajstić information content (AvgIpc) is 3.27. The van der Waals surface area contributed by atoms with Gasteiger partial charge in [0.1, 0.15) is 11.4 Å². The van der Waals surface area contributed by atoms with Crippen LogP contribution in [0.2, 0.25) is 0 Å².